The molecule has 3 aromatic rings. The number of ether oxygens (including phenoxy) is 1. The number of benzene rings is 3. The molecule has 0 radical (unpaired) electrons. The number of hydrogen-bond acceptors (Lipinski definition) is 4. The maximum absolute atomic E-state index is 11.4. The fraction of sp³-hybridized carbons (Fsp3) is 0.217. The van der Waals surface area contributed by atoms with Crippen LogP contribution in [-0.4, -0.2) is 12.0 Å². The molecular formula is C23H20N2O3. The van der Waals surface area contributed by atoms with Crippen LogP contribution >= 0.6 is 0 Å². The molecule has 3 atom stereocenters. The first-order valence-electron chi connectivity index (χ1n) is 9.44. The highest BCUT2D eigenvalue weighted by Crippen LogP contribution is 2.53. The first kappa shape index (κ1) is 16.8. The van der Waals surface area contributed by atoms with Gasteiger partial charge in [0, 0.05) is 12.0 Å². The van der Waals surface area contributed by atoms with Crippen molar-refractivity contribution in [2.45, 2.75) is 18.4 Å². The highest BCUT2D eigenvalue weighted by atomic mass is 16.6. The van der Waals surface area contributed by atoms with Crippen LogP contribution in [0.4, 0.5) is 11.4 Å². The quantitative estimate of drug-likeness (QED) is 0.370. The van der Waals surface area contributed by atoms with Crippen LogP contribution in [0.3, 0.4) is 0 Å². The summed E-state index contributed by atoms with van der Waals surface area (Å²) in [6.45, 7) is 0. The van der Waals surface area contributed by atoms with E-state index in [0.29, 0.717) is 11.7 Å². The van der Waals surface area contributed by atoms with E-state index in [-0.39, 0.29) is 22.6 Å². The van der Waals surface area contributed by atoms with Crippen molar-refractivity contribution in [2.24, 2.45) is 5.92 Å². The topological polar surface area (TPSA) is 64.4 Å². The van der Waals surface area contributed by atoms with Crippen molar-refractivity contribution in [3.63, 3.8) is 0 Å². The van der Waals surface area contributed by atoms with Gasteiger partial charge >= 0.3 is 0 Å². The number of anilines is 1. The van der Waals surface area contributed by atoms with Crippen molar-refractivity contribution in [2.75, 3.05) is 12.4 Å². The van der Waals surface area contributed by atoms with Gasteiger partial charge in [-0.3, -0.25) is 10.1 Å². The van der Waals surface area contributed by atoms with Crippen LogP contribution in [0.1, 0.15) is 29.5 Å². The summed E-state index contributed by atoms with van der Waals surface area (Å²) in [5.74, 6) is 0.965. The molecule has 0 unspecified atom stereocenters. The van der Waals surface area contributed by atoms with E-state index in [4.69, 9.17) is 4.74 Å². The lowest BCUT2D eigenvalue weighted by atomic mass is 9.76. The van der Waals surface area contributed by atoms with Crippen LogP contribution in [0, 0.1) is 16.0 Å². The zero-order chi connectivity index (χ0) is 19.3. The molecule has 5 nitrogen and oxygen atoms in total. The average Bonchev–Trinajstić information content (AvgIpc) is 3.22. The fourth-order valence-corrected chi connectivity index (χ4v) is 4.75. The summed E-state index contributed by atoms with van der Waals surface area (Å²) < 4.78 is 5.53. The Hall–Kier alpha value is -3.34. The summed E-state index contributed by atoms with van der Waals surface area (Å²) in [5, 5.41) is 17.5. The Kier molecular flexibility index (Phi) is 3.83. The van der Waals surface area contributed by atoms with Crippen LogP contribution in [0.15, 0.2) is 66.7 Å². The third-order valence-electron chi connectivity index (χ3n) is 6.01. The number of nitrogens with one attached hydrogen (secondary N) is 1. The second kappa shape index (κ2) is 6.37. The molecule has 0 amide bonds. The molecule has 0 saturated carbocycles. The minimum atomic E-state index is -0.354. The van der Waals surface area contributed by atoms with Gasteiger partial charge in [-0.25, -0.2) is 0 Å². The van der Waals surface area contributed by atoms with Crippen LogP contribution in [0.5, 0.6) is 5.75 Å². The average molecular weight is 372 g/mol. The summed E-state index contributed by atoms with van der Waals surface area (Å²) in [6, 6.07) is 18.1. The van der Waals surface area contributed by atoms with Gasteiger partial charge in [0.2, 0.25) is 0 Å². The van der Waals surface area contributed by atoms with E-state index in [9.17, 15) is 10.1 Å². The SMILES string of the molecule is COc1cc([N+](=O)[O-])cc2c1N[C@@H](c1cccc3ccccc13)[C@H]1CC=C[C@@H]21. The maximum atomic E-state index is 11.4. The number of nitro groups is 1. The van der Waals surface area contributed by atoms with Crippen molar-refractivity contribution in [1.29, 1.82) is 0 Å². The van der Waals surface area contributed by atoms with Gasteiger partial charge in [0.25, 0.3) is 5.69 Å². The Morgan fingerprint density at radius 3 is 2.75 bits per heavy atom. The van der Waals surface area contributed by atoms with Crippen molar-refractivity contribution in [3.05, 3.63) is 88.0 Å². The molecule has 140 valence electrons. The lowest BCUT2D eigenvalue weighted by molar-refractivity contribution is -0.385. The zero-order valence-corrected chi connectivity index (χ0v) is 15.5. The van der Waals surface area contributed by atoms with Gasteiger partial charge in [-0.1, -0.05) is 54.6 Å². The second-order valence-corrected chi connectivity index (χ2v) is 7.41. The molecule has 1 aliphatic heterocycles. The number of nitrogens with zero attached hydrogens (tertiary/aromatic N) is 1. The van der Waals surface area contributed by atoms with Crippen LogP contribution < -0.4 is 10.1 Å². The van der Waals surface area contributed by atoms with Crippen molar-refractivity contribution < 1.29 is 9.66 Å². The molecule has 0 saturated heterocycles. The van der Waals surface area contributed by atoms with Gasteiger partial charge in [0.15, 0.2) is 0 Å². The Bertz CT molecular complexity index is 1120. The predicted molar refractivity (Wildman–Crippen MR) is 110 cm³/mol. The Labute approximate surface area is 162 Å². The number of allylic oxidation sites excluding steroid dienone is 2. The number of nitro benzene ring substituents is 1. The fourth-order valence-electron chi connectivity index (χ4n) is 4.75. The third-order valence-corrected chi connectivity index (χ3v) is 6.01. The van der Waals surface area contributed by atoms with Gasteiger partial charge in [-0.15, -0.1) is 0 Å². The van der Waals surface area contributed by atoms with Gasteiger partial charge in [0.05, 0.1) is 29.8 Å². The monoisotopic (exact) mass is 372 g/mol. The molecule has 3 aromatic carbocycles. The Morgan fingerprint density at radius 1 is 1.11 bits per heavy atom. The highest BCUT2D eigenvalue weighted by Gasteiger charge is 2.40. The van der Waals surface area contributed by atoms with E-state index in [1.54, 1.807) is 13.2 Å². The molecule has 2 aliphatic rings. The molecule has 1 heterocycles. The number of fused-ring (bicyclic) bond motifs is 4. The highest BCUT2D eigenvalue weighted by molar-refractivity contribution is 5.87. The van der Waals surface area contributed by atoms with Crippen molar-refractivity contribution in [3.8, 4) is 5.75 Å². The van der Waals surface area contributed by atoms with Gasteiger partial charge < -0.3 is 10.1 Å². The number of rotatable bonds is 3. The molecule has 1 N–H and O–H groups in total. The van der Waals surface area contributed by atoms with E-state index in [1.165, 1.54) is 22.4 Å². The van der Waals surface area contributed by atoms with E-state index in [0.717, 1.165) is 17.7 Å². The van der Waals surface area contributed by atoms with Crippen molar-refractivity contribution in [1.82, 2.24) is 0 Å². The molecular weight excluding hydrogens is 352 g/mol. The Balaban J connectivity index is 1.69. The van der Waals surface area contributed by atoms with Gasteiger partial charge in [-0.05, 0) is 34.2 Å². The standard InChI is InChI=1S/C23H20N2O3/c1-28-21-13-15(25(26)27)12-20-17-9-5-11-19(17)22(24-23(20)21)18-10-4-7-14-6-2-3-8-16(14)18/h2-10,12-13,17,19,22,24H,11H2,1H3/t17-,19+,22+/m1/s1. The largest absolute Gasteiger partial charge is 0.494 e. The number of methoxy groups -OCH3 is 1. The predicted octanol–water partition coefficient (Wildman–Crippen LogP) is 5.58. The van der Waals surface area contributed by atoms with E-state index < -0.39 is 0 Å². The van der Waals surface area contributed by atoms with E-state index in [2.05, 4.69) is 59.9 Å². The maximum Gasteiger partial charge on any atom is 0.273 e. The lowest BCUT2D eigenvalue weighted by Crippen LogP contribution is -2.29. The lowest BCUT2D eigenvalue weighted by Gasteiger charge is -2.38. The molecule has 5 heteroatoms. The molecule has 0 aromatic heterocycles. The normalized spacial score (nSPS) is 22.4. The van der Waals surface area contributed by atoms with E-state index >= 15 is 0 Å². The molecule has 0 fully saturated rings. The summed E-state index contributed by atoms with van der Waals surface area (Å²) in [6.07, 6.45) is 5.32. The Morgan fingerprint density at radius 2 is 1.93 bits per heavy atom. The smallest absolute Gasteiger partial charge is 0.273 e. The van der Waals surface area contributed by atoms with Crippen LogP contribution in [-0.2, 0) is 0 Å². The summed E-state index contributed by atoms with van der Waals surface area (Å²) in [7, 11) is 1.56. The summed E-state index contributed by atoms with van der Waals surface area (Å²) in [5.41, 5.74) is 3.13. The summed E-state index contributed by atoms with van der Waals surface area (Å²) >= 11 is 0. The molecule has 5 rings (SSSR count). The minimum Gasteiger partial charge on any atom is -0.494 e. The van der Waals surface area contributed by atoms with Crippen molar-refractivity contribution >= 4 is 22.1 Å². The second-order valence-electron chi connectivity index (χ2n) is 7.41. The third kappa shape index (κ3) is 2.47. The van der Waals surface area contributed by atoms with Crippen LogP contribution in [0.2, 0.25) is 0 Å². The number of hydrogen-bond donors (Lipinski definition) is 1. The van der Waals surface area contributed by atoms with E-state index in [1.807, 2.05) is 0 Å². The van der Waals surface area contributed by atoms with Gasteiger partial charge in [0.1, 0.15) is 5.75 Å². The molecule has 28 heavy (non-hydrogen) atoms. The summed E-state index contributed by atoms with van der Waals surface area (Å²) in [4.78, 5) is 11.0. The van der Waals surface area contributed by atoms with Crippen LogP contribution in [0.25, 0.3) is 10.8 Å². The first-order chi connectivity index (χ1) is 13.7. The minimum absolute atomic E-state index is 0.0695. The molecule has 0 spiro atoms. The molecule has 0 bridgehead atoms. The van der Waals surface area contributed by atoms with Gasteiger partial charge in [-0.2, -0.15) is 0 Å². The first-order valence-corrected chi connectivity index (χ1v) is 9.44. The number of non-ortho nitro benzene ring substituents is 1. The zero-order valence-electron chi connectivity index (χ0n) is 15.5. The molecule has 1 aliphatic carbocycles.